The van der Waals surface area contributed by atoms with Gasteiger partial charge >= 0.3 is 0 Å². The number of anilines is 3. The Morgan fingerprint density at radius 3 is 2.00 bits per heavy atom. The second-order valence-electron chi connectivity index (χ2n) is 8.49. The fourth-order valence-electron chi connectivity index (χ4n) is 3.90. The minimum absolute atomic E-state index is 0.128. The first kappa shape index (κ1) is 24.7. The molecule has 4 aromatic rings. The highest BCUT2D eigenvalue weighted by molar-refractivity contribution is 7.19. The zero-order valence-corrected chi connectivity index (χ0v) is 21.4. The zero-order chi connectivity index (χ0) is 25.5. The third kappa shape index (κ3) is 7.24. The Bertz CT molecular complexity index is 1390. The molecule has 0 radical (unpaired) electrons. The van der Waals surface area contributed by atoms with Crippen molar-refractivity contribution in [3.63, 3.8) is 0 Å². The summed E-state index contributed by atoms with van der Waals surface area (Å²) in [5.41, 5.74) is 2.89. The number of carbonyl (C=O) groups excluding carboxylic acids is 2. The molecule has 0 spiro atoms. The van der Waals surface area contributed by atoms with Crippen molar-refractivity contribution in [2.45, 2.75) is 38.1 Å². The van der Waals surface area contributed by atoms with Gasteiger partial charge in [-0.15, -0.1) is 20.4 Å². The normalized spacial score (nSPS) is 16.0. The maximum Gasteiger partial charge on any atom is 0.233 e. The standard InChI is InChI=1S/C25H24N8O2S2/c34-20(13-16-7-3-1-4-8-16)28-24-32-30-22(36-24)26-18-11-12-19(15-18)27-23-31-33-25(37-23)29-21(35)14-17-9-5-2-6-10-17/h1-10,18H,11-15H2,(H,26,30)(H,28,32,34)(H,29,33,35)/b27-19+. The van der Waals surface area contributed by atoms with Gasteiger partial charge in [-0.25, -0.2) is 4.99 Å². The molecule has 1 atom stereocenters. The smallest absolute Gasteiger partial charge is 0.233 e. The van der Waals surface area contributed by atoms with Gasteiger partial charge in [0.05, 0.1) is 12.8 Å². The quantitative estimate of drug-likeness (QED) is 0.289. The van der Waals surface area contributed by atoms with Crippen molar-refractivity contribution < 1.29 is 9.59 Å². The van der Waals surface area contributed by atoms with Crippen molar-refractivity contribution in [2.24, 2.45) is 4.99 Å². The summed E-state index contributed by atoms with van der Waals surface area (Å²) in [5.74, 6) is -0.267. The average molecular weight is 533 g/mol. The third-order valence-electron chi connectivity index (χ3n) is 5.59. The van der Waals surface area contributed by atoms with Crippen LogP contribution in [0.4, 0.5) is 20.5 Å². The van der Waals surface area contributed by atoms with E-state index in [-0.39, 0.29) is 30.7 Å². The number of hydrogen-bond acceptors (Lipinski definition) is 10. The van der Waals surface area contributed by atoms with Gasteiger partial charge in [0.2, 0.25) is 32.3 Å². The first-order valence-electron chi connectivity index (χ1n) is 11.8. The molecule has 1 saturated carbocycles. The number of aliphatic imine (C=N–C) groups is 1. The molecule has 1 aliphatic rings. The molecule has 188 valence electrons. The van der Waals surface area contributed by atoms with Crippen molar-refractivity contribution in [1.82, 2.24) is 20.4 Å². The monoisotopic (exact) mass is 532 g/mol. The summed E-state index contributed by atoms with van der Waals surface area (Å²) in [5, 5.41) is 27.4. The summed E-state index contributed by atoms with van der Waals surface area (Å²) in [6, 6.07) is 19.3. The van der Waals surface area contributed by atoms with E-state index in [0.717, 1.165) is 36.1 Å². The number of aromatic nitrogens is 4. The van der Waals surface area contributed by atoms with E-state index in [1.807, 2.05) is 60.7 Å². The molecule has 0 saturated heterocycles. The molecule has 3 N–H and O–H groups in total. The van der Waals surface area contributed by atoms with Crippen molar-refractivity contribution in [1.29, 1.82) is 0 Å². The average Bonchev–Trinajstić information content (AvgIpc) is 3.63. The van der Waals surface area contributed by atoms with Gasteiger partial charge in [-0.2, -0.15) is 0 Å². The maximum absolute atomic E-state index is 12.3. The fourth-order valence-corrected chi connectivity index (χ4v) is 5.31. The number of rotatable bonds is 9. The highest BCUT2D eigenvalue weighted by Crippen LogP contribution is 2.29. The summed E-state index contributed by atoms with van der Waals surface area (Å²) >= 11 is 2.56. The van der Waals surface area contributed by atoms with Crippen molar-refractivity contribution >= 4 is 60.7 Å². The van der Waals surface area contributed by atoms with E-state index in [0.29, 0.717) is 20.5 Å². The van der Waals surface area contributed by atoms with Gasteiger partial charge in [-0.3, -0.25) is 9.59 Å². The molecule has 0 bridgehead atoms. The lowest BCUT2D eigenvalue weighted by atomic mass is 10.1. The number of carbonyl (C=O) groups is 2. The SMILES string of the molecule is O=C(Cc1ccccc1)Nc1nnc(/N=C2\CCC(Nc3nnc(NC(=O)Cc4ccccc4)s3)C2)s1. The van der Waals surface area contributed by atoms with Gasteiger partial charge in [0.15, 0.2) is 0 Å². The van der Waals surface area contributed by atoms with Crippen LogP contribution in [-0.2, 0) is 22.4 Å². The molecular formula is C25H24N8O2S2. The van der Waals surface area contributed by atoms with E-state index in [1.165, 1.54) is 22.7 Å². The van der Waals surface area contributed by atoms with Gasteiger partial charge in [0, 0.05) is 18.2 Å². The summed E-state index contributed by atoms with van der Waals surface area (Å²) in [6.07, 6.45) is 3.03. The van der Waals surface area contributed by atoms with Gasteiger partial charge < -0.3 is 16.0 Å². The Morgan fingerprint density at radius 2 is 1.35 bits per heavy atom. The van der Waals surface area contributed by atoms with Gasteiger partial charge in [0.1, 0.15) is 0 Å². The van der Waals surface area contributed by atoms with Crippen LogP contribution in [0.25, 0.3) is 0 Å². The number of amides is 2. The number of benzene rings is 2. The summed E-state index contributed by atoms with van der Waals surface area (Å²) < 4.78 is 0. The van der Waals surface area contributed by atoms with Gasteiger partial charge in [-0.05, 0) is 24.0 Å². The largest absolute Gasteiger partial charge is 0.357 e. The Morgan fingerprint density at radius 1 is 0.784 bits per heavy atom. The van der Waals surface area contributed by atoms with Crippen LogP contribution >= 0.6 is 22.7 Å². The van der Waals surface area contributed by atoms with Crippen molar-refractivity contribution in [2.75, 3.05) is 16.0 Å². The molecule has 5 rings (SSSR count). The van der Waals surface area contributed by atoms with E-state index in [9.17, 15) is 9.59 Å². The van der Waals surface area contributed by atoms with Crippen LogP contribution in [0, 0.1) is 0 Å². The number of nitrogens with one attached hydrogen (secondary N) is 3. The minimum atomic E-state index is -0.139. The van der Waals surface area contributed by atoms with Crippen LogP contribution in [0.3, 0.4) is 0 Å². The molecule has 1 unspecified atom stereocenters. The van der Waals surface area contributed by atoms with E-state index < -0.39 is 0 Å². The maximum atomic E-state index is 12.3. The predicted molar refractivity (Wildman–Crippen MR) is 146 cm³/mol. The first-order chi connectivity index (χ1) is 18.1. The lowest BCUT2D eigenvalue weighted by Gasteiger charge is -2.08. The molecule has 10 nitrogen and oxygen atoms in total. The van der Waals surface area contributed by atoms with Crippen LogP contribution in [-0.4, -0.2) is 44.0 Å². The zero-order valence-electron chi connectivity index (χ0n) is 19.8. The summed E-state index contributed by atoms with van der Waals surface area (Å²) in [6.45, 7) is 0. The lowest BCUT2D eigenvalue weighted by molar-refractivity contribution is -0.116. The Balaban J connectivity index is 1.09. The number of nitrogens with zero attached hydrogens (tertiary/aromatic N) is 5. The molecule has 1 fully saturated rings. The van der Waals surface area contributed by atoms with Crippen LogP contribution in [0.1, 0.15) is 30.4 Å². The molecule has 2 aromatic heterocycles. The Hall–Kier alpha value is -4.03. The van der Waals surface area contributed by atoms with Crippen LogP contribution in [0.15, 0.2) is 65.7 Å². The number of hydrogen-bond donors (Lipinski definition) is 3. The predicted octanol–water partition coefficient (Wildman–Crippen LogP) is 4.49. The van der Waals surface area contributed by atoms with Crippen LogP contribution in [0.2, 0.25) is 0 Å². The molecule has 37 heavy (non-hydrogen) atoms. The Labute approximate surface area is 221 Å². The van der Waals surface area contributed by atoms with Crippen LogP contribution < -0.4 is 16.0 Å². The Kier molecular flexibility index (Phi) is 7.87. The van der Waals surface area contributed by atoms with E-state index >= 15 is 0 Å². The van der Waals surface area contributed by atoms with Gasteiger partial charge in [-0.1, -0.05) is 83.3 Å². The van der Waals surface area contributed by atoms with E-state index in [1.54, 1.807) is 0 Å². The summed E-state index contributed by atoms with van der Waals surface area (Å²) in [4.78, 5) is 29.1. The molecule has 0 aliphatic heterocycles. The fraction of sp³-hybridized carbons (Fsp3) is 0.240. The second kappa shape index (κ2) is 11.8. The summed E-state index contributed by atoms with van der Waals surface area (Å²) in [7, 11) is 0. The molecule has 2 aromatic carbocycles. The molecule has 12 heteroatoms. The van der Waals surface area contributed by atoms with E-state index in [4.69, 9.17) is 0 Å². The molecular weight excluding hydrogens is 508 g/mol. The first-order valence-corrected chi connectivity index (χ1v) is 13.4. The lowest BCUT2D eigenvalue weighted by Crippen LogP contribution is -2.15. The van der Waals surface area contributed by atoms with Crippen molar-refractivity contribution in [3.05, 3.63) is 71.8 Å². The second-order valence-corrected chi connectivity index (χ2v) is 10.4. The molecule has 1 aliphatic carbocycles. The topological polar surface area (TPSA) is 134 Å². The van der Waals surface area contributed by atoms with Crippen LogP contribution in [0.5, 0.6) is 0 Å². The van der Waals surface area contributed by atoms with Gasteiger partial charge in [0.25, 0.3) is 0 Å². The highest BCUT2D eigenvalue weighted by atomic mass is 32.1. The molecule has 2 amide bonds. The van der Waals surface area contributed by atoms with Crippen molar-refractivity contribution in [3.8, 4) is 0 Å². The van der Waals surface area contributed by atoms with E-state index in [2.05, 4.69) is 41.3 Å². The molecule has 2 heterocycles. The highest BCUT2D eigenvalue weighted by Gasteiger charge is 2.23. The third-order valence-corrected chi connectivity index (χ3v) is 7.09. The minimum Gasteiger partial charge on any atom is -0.357 e.